The largest absolute Gasteiger partial charge is 0.508 e. The number of nitro groups is 1. The predicted octanol–water partition coefficient (Wildman–Crippen LogP) is 1.89. The van der Waals surface area contributed by atoms with Crippen LogP contribution in [0.2, 0.25) is 0 Å². The molecule has 0 radical (unpaired) electrons. The lowest BCUT2D eigenvalue weighted by Gasteiger charge is -2.06. The summed E-state index contributed by atoms with van der Waals surface area (Å²) in [4.78, 5) is 22.3. The van der Waals surface area contributed by atoms with E-state index in [1.807, 2.05) is 0 Å². The Balaban J connectivity index is 2.39. The molecule has 0 bridgehead atoms. The SMILES string of the molecule is Cc1n[nH]c(C)c1NC(=O)c1cc(O)ccc1[N+](=O)[O-]. The molecule has 0 saturated carbocycles. The molecule has 0 saturated heterocycles. The van der Waals surface area contributed by atoms with Crippen molar-refractivity contribution in [1.29, 1.82) is 0 Å². The van der Waals surface area contributed by atoms with Crippen molar-refractivity contribution in [2.24, 2.45) is 0 Å². The number of aromatic amines is 1. The van der Waals surface area contributed by atoms with Gasteiger partial charge in [0.05, 0.1) is 22.0 Å². The Labute approximate surface area is 113 Å². The highest BCUT2D eigenvalue weighted by Crippen LogP contribution is 2.25. The van der Waals surface area contributed by atoms with Gasteiger partial charge in [0.1, 0.15) is 11.3 Å². The first-order valence-electron chi connectivity index (χ1n) is 5.70. The summed E-state index contributed by atoms with van der Waals surface area (Å²) in [5, 5.41) is 29.4. The standard InChI is InChI=1S/C12H12N4O4/c1-6-11(7(2)15-14-6)13-12(18)9-5-8(17)3-4-10(9)16(19)20/h3-5,17H,1-2H3,(H,13,18)(H,14,15). The van der Waals surface area contributed by atoms with Crippen LogP contribution in [0.1, 0.15) is 21.7 Å². The van der Waals surface area contributed by atoms with E-state index in [2.05, 4.69) is 15.5 Å². The topological polar surface area (TPSA) is 121 Å². The second kappa shape index (κ2) is 5.00. The third kappa shape index (κ3) is 2.44. The third-order valence-electron chi connectivity index (χ3n) is 2.79. The zero-order valence-electron chi connectivity index (χ0n) is 10.8. The lowest BCUT2D eigenvalue weighted by atomic mass is 10.1. The van der Waals surface area contributed by atoms with Crippen molar-refractivity contribution in [2.75, 3.05) is 5.32 Å². The maximum atomic E-state index is 12.1. The Kier molecular flexibility index (Phi) is 3.38. The fourth-order valence-corrected chi connectivity index (χ4v) is 1.78. The van der Waals surface area contributed by atoms with Gasteiger partial charge in [-0.15, -0.1) is 0 Å². The Morgan fingerprint density at radius 3 is 2.70 bits per heavy atom. The van der Waals surface area contributed by atoms with E-state index in [4.69, 9.17) is 0 Å². The number of nitro benzene ring substituents is 1. The first-order valence-corrected chi connectivity index (χ1v) is 5.70. The Hall–Kier alpha value is -2.90. The number of aromatic nitrogens is 2. The average molecular weight is 276 g/mol. The molecule has 8 nitrogen and oxygen atoms in total. The van der Waals surface area contributed by atoms with Crippen LogP contribution in [0.5, 0.6) is 5.75 Å². The number of aromatic hydroxyl groups is 1. The highest BCUT2D eigenvalue weighted by Gasteiger charge is 2.22. The molecule has 0 aliphatic heterocycles. The second-order valence-corrected chi connectivity index (χ2v) is 4.22. The highest BCUT2D eigenvalue weighted by molar-refractivity contribution is 6.07. The van der Waals surface area contributed by atoms with E-state index in [0.29, 0.717) is 17.1 Å². The van der Waals surface area contributed by atoms with Crippen LogP contribution < -0.4 is 5.32 Å². The zero-order chi connectivity index (χ0) is 14.9. The number of carbonyl (C=O) groups excluding carboxylic acids is 1. The molecular weight excluding hydrogens is 264 g/mol. The van der Waals surface area contributed by atoms with Crippen molar-refractivity contribution in [3.63, 3.8) is 0 Å². The van der Waals surface area contributed by atoms with Gasteiger partial charge in [0, 0.05) is 6.07 Å². The molecule has 0 aliphatic carbocycles. The van der Waals surface area contributed by atoms with E-state index in [-0.39, 0.29) is 17.0 Å². The number of carbonyl (C=O) groups is 1. The number of aryl methyl sites for hydroxylation is 2. The molecule has 0 spiro atoms. The first kappa shape index (κ1) is 13.5. The van der Waals surface area contributed by atoms with E-state index in [9.17, 15) is 20.0 Å². The monoisotopic (exact) mass is 276 g/mol. The van der Waals surface area contributed by atoms with E-state index in [1.165, 1.54) is 0 Å². The molecule has 8 heteroatoms. The predicted molar refractivity (Wildman–Crippen MR) is 70.8 cm³/mol. The van der Waals surface area contributed by atoms with Gasteiger partial charge in [-0.25, -0.2) is 0 Å². The van der Waals surface area contributed by atoms with E-state index < -0.39 is 10.8 Å². The number of phenolic OH excluding ortho intramolecular Hbond substituents is 1. The number of H-pyrrole nitrogens is 1. The van der Waals surface area contributed by atoms with Gasteiger partial charge in [-0.1, -0.05) is 0 Å². The normalized spacial score (nSPS) is 10.3. The van der Waals surface area contributed by atoms with Crippen molar-refractivity contribution in [2.45, 2.75) is 13.8 Å². The maximum absolute atomic E-state index is 12.1. The number of hydrogen-bond acceptors (Lipinski definition) is 5. The van der Waals surface area contributed by atoms with Crippen molar-refractivity contribution < 1.29 is 14.8 Å². The van der Waals surface area contributed by atoms with Crippen LogP contribution in [-0.2, 0) is 0 Å². The zero-order valence-corrected chi connectivity index (χ0v) is 10.8. The Bertz CT molecular complexity index is 673. The van der Waals surface area contributed by atoms with Gasteiger partial charge in [0.15, 0.2) is 0 Å². The van der Waals surface area contributed by atoms with Gasteiger partial charge in [-0.3, -0.25) is 20.0 Å². The molecule has 2 aromatic rings. The smallest absolute Gasteiger partial charge is 0.282 e. The Morgan fingerprint density at radius 2 is 2.15 bits per heavy atom. The van der Waals surface area contributed by atoms with E-state index in [0.717, 1.165) is 18.2 Å². The quantitative estimate of drug-likeness (QED) is 0.583. The number of anilines is 1. The summed E-state index contributed by atoms with van der Waals surface area (Å²) in [7, 11) is 0. The van der Waals surface area contributed by atoms with Gasteiger partial charge in [0.25, 0.3) is 11.6 Å². The minimum atomic E-state index is -0.680. The van der Waals surface area contributed by atoms with Crippen molar-refractivity contribution in [1.82, 2.24) is 10.2 Å². The van der Waals surface area contributed by atoms with Gasteiger partial charge in [0.2, 0.25) is 0 Å². The molecule has 1 aromatic carbocycles. The molecule has 0 unspecified atom stereocenters. The number of hydrogen-bond donors (Lipinski definition) is 3. The lowest BCUT2D eigenvalue weighted by molar-refractivity contribution is -0.385. The van der Waals surface area contributed by atoms with Crippen molar-refractivity contribution in [3.05, 3.63) is 45.3 Å². The van der Waals surface area contributed by atoms with Crippen molar-refractivity contribution >= 4 is 17.3 Å². The molecule has 20 heavy (non-hydrogen) atoms. The van der Waals surface area contributed by atoms with Crippen molar-refractivity contribution in [3.8, 4) is 5.75 Å². The Morgan fingerprint density at radius 1 is 1.45 bits per heavy atom. The van der Waals surface area contributed by atoms with Crippen LogP contribution in [0.15, 0.2) is 18.2 Å². The molecule has 0 fully saturated rings. The molecule has 1 aromatic heterocycles. The minimum Gasteiger partial charge on any atom is -0.508 e. The summed E-state index contributed by atoms with van der Waals surface area (Å²) in [5.41, 5.74) is 1.08. The van der Waals surface area contributed by atoms with E-state index >= 15 is 0 Å². The number of amides is 1. The van der Waals surface area contributed by atoms with Crippen LogP contribution >= 0.6 is 0 Å². The van der Waals surface area contributed by atoms with Gasteiger partial charge < -0.3 is 10.4 Å². The first-order chi connectivity index (χ1) is 9.40. The van der Waals surface area contributed by atoms with Crippen LogP contribution in [0.4, 0.5) is 11.4 Å². The summed E-state index contributed by atoms with van der Waals surface area (Å²) in [6.45, 7) is 3.41. The number of benzene rings is 1. The summed E-state index contributed by atoms with van der Waals surface area (Å²) < 4.78 is 0. The van der Waals surface area contributed by atoms with Gasteiger partial charge >= 0.3 is 0 Å². The maximum Gasteiger partial charge on any atom is 0.282 e. The third-order valence-corrected chi connectivity index (χ3v) is 2.79. The van der Waals surface area contributed by atoms with E-state index in [1.54, 1.807) is 13.8 Å². The molecule has 104 valence electrons. The highest BCUT2D eigenvalue weighted by atomic mass is 16.6. The summed E-state index contributed by atoms with van der Waals surface area (Å²) in [6.07, 6.45) is 0. The fraction of sp³-hybridized carbons (Fsp3) is 0.167. The van der Waals surface area contributed by atoms with Gasteiger partial charge in [-0.05, 0) is 26.0 Å². The molecule has 2 rings (SSSR count). The number of nitrogens with zero attached hydrogens (tertiary/aromatic N) is 2. The number of phenols is 1. The van der Waals surface area contributed by atoms with Crippen LogP contribution in [0.3, 0.4) is 0 Å². The molecule has 0 atom stereocenters. The minimum absolute atomic E-state index is 0.213. The van der Waals surface area contributed by atoms with Gasteiger partial charge in [-0.2, -0.15) is 5.10 Å². The summed E-state index contributed by atoms with van der Waals surface area (Å²) in [6, 6.07) is 3.29. The second-order valence-electron chi connectivity index (χ2n) is 4.22. The summed E-state index contributed by atoms with van der Waals surface area (Å²) in [5.74, 6) is -0.901. The molecule has 1 heterocycles. The molecule has 3 N–H and O–H groups in total. The molecule has 1 amide bonds. The van der Waals surface area contributed by atoms with Crippen LogP contribution in [-0.4, -0.2) is 26.1 Å². The fourth-order valence-electron chi connectivity index (χ4n) is 1.78. The number of rotatable bonds is 3. The lowest BCUT2D eigenvalue weighted by Crippen LogP contribution is -2.14. The summed E-state index contributed by atoms with van der Waals surface area (Å²) >= 11 is 0. The molecule has 0 aliphatic rings. The average Bonchev–Trinajstić information content (AvgIpc) is 2.70. The number of nitrogens with one attached hydrogen (secondary N) is 2. The van der Waals surface area contributed by atoms with Crippen LogP contribution in [0, 0.1) is 24.0 Å². The molecular formula is C12H12N4O4. The van der Waals surface area contributed by atoms with Crippen LogP contribution in [0.25, 0.3) is 0 Å².